The molecule has 0 saturated carbocycles. The van der Waals surface area contributed by atoms with Gasteiger partial charge in [-0.25, -0.2) is 0 Å². The summed E-state index contributed by atoms with van der Waals surface area (Å²) < 4.78 is 10.5. The van der Waals surface area contributed by atoms with E-state index in [1.54, 1.807) is 25.1 Å². The predicted octanol–water partition coefficient (Wildman–Crippen LogP) is 1.05. The number of carbonyl (C=O) groups excluding carboxylic acids is 2. The number of benzene rings is 2. The van der Waals surface area contributed by atoms with E-state index in [0.29, 0.717) is 11.5 Å². The summed E-state index contributed by atoms with van der Waals surface area (Å²) in [5.74, 6) is -0.0332. The van der Waals surface area contributed by atoms with Crippen LogP contribution >= 0.6 is 0 Å². The molecule has 0 aliphatic carbocycles. The number of methoxy groups -OCH3 is 1. The van der Waals surface area contributed by atoms with Crippen molar-refractivity contribution in [1.82, 2.24) is 5.32 Å². The molecule has 0 fully saturated rings. The molecule has 7 heteroatoms. The van der Waals surface area contributed by atoms with Gasteiger partial charge in [0.25, 0.3) is 5.91 Å². The Hall–Kier alpha value is -3.06. The quantitative estimate of drug-likeness (QED) is 0.653. The van der Waals surface area contributed by atoms with Gasteiger partial charge in [-0.1, -0.05) is 36.4 Å². The van der Waals surface area contributed by atoms with Crippen LogP contribution in [-0.4, -0.2) is 25.5 Å². The van der Waals surface area contributed by atoms with Crippen LogP contribution in [-0.2, 0) is 21.7 Å². The maximum Gasteiger partial charge on any atom is 0.255 e. The lowest BCUT2D eigenvalue weighted by molar-refractivity contribution is -0.126. The highest BCUT2D eigenvalue weighted by molar-refractivity contribution is 5.87. The molecule has 0 aliphatic heterocycles. The second-order valence-corrected chi connectivity index (χ2v) is 5.99. The molecular formula is C19H23N3O4. The summed E-state index contributed by atoms with van der Waals surface area (Å²) in [6, 6.07) is 14.3. The summed E-state index contributed by atoms with van der Waals surface area (Å²) in [6.45, 7) is 1.69. The summed E-state index contributed by atoms with van der Waals surface area (Å²) in [7, 11) is 1.49. The fourth-order valence-electron chi connectivity index (χ4n) is 2.37. The van der Waals surface area contributed by atoms with E-state index in [9.17, 15) is 9.59 Å². The van der Waals surface area contributed by atoms with Gasteiger partial charge in [-0.05, 0) is 30.2 Å². The number of rotatable bonds is 8. The molecule has 0 heterocycles. The number of amides is 2. The topological polar surface area (TPSA) is 117 Å². The Morgan fingerprint density at radius 2 is 1.81 bits per heavy atom. The number of nitrogens with one attached hydrogen (secondary N) is 1. The number of hydrogen-bond donors (Lipinski definition) is 3. The molecule has 1 atom stereocenters. The molecule has 0 radical (unpaired) electrons. The zero-order valence-corrected chi connectivity index (χ0v) is 14.8. The third-order valence-electron chi connectivity index (χ3n) is 3.90. The second-order valence-electron chi connectivity index (χ2n) is 5.99. The lowest BCUT2D eigenvalue weighted by atomic mass is 9.92. The Kier molecular flexibility index (Phi) is 6.19. The Balaban J connectivity index is 2.04. The van der Waals surface area contributed by atoms with Crippen molar-refractivity contribution >= 4 is 11.8 Å². The molecule has 0 aromatic heterocycles. The van der Waals surface area contributed by atoms with E-state index in [4.69, 9.17) is 20.9 Å². The summed E-state index contributed by atoms with van der Waals surface area (Å²) in [5.41, 5.74) is 11.6. The van der Waals surface area contributed by atoms with Crippen molar-refractivity contribution in [2.45, 2.75) is 19.0 Å². The normalized spacial score (nSPS) is 12.7. The van der Waals surface area contributed by atoms with E-state index in [2.05, 4.69) is 5.32 Å². The first-order chi connectivity index (χ1) is 12.3. The van der Waals surface area contributed by atoms with Crippen molar-refractivity contribution < 1.29 is 19.1 Å². The molecule has 5 N–H and O–H groups in total. The second kappa shape index (κ2) is 8.35. The fraction of sp³-hybridized carbons (Fsp3) is 0.263. The van der Waals surface area contributed by atoms with Crippen molar-refractivity contribution in [3.8, 4) is 11.5 Å². The van der Waals surface area contributed by atoms with E-state index < -0.39 is 11.4 Å². The zero-order valence-electron chi connectivity index (χ0n) is 14.8. The maximum atomic E-state index is 12.5. The van der Waals surface area contributed by atoms with Gasteiger partial charge in [-0.3, -0.25) is 9.59 Å². The Labute approximate surface area is 152 Å². The summed E-state index contributed by atoms with van der Waals surface area (Å²) in [5, 5.41) is 2.82. The highest BCUT2D eigenvalue weighted by Crippen LogP contribution is 2.28. The smallest absolute Gasteiger partial charge is 0.255 e. The van der Waals surface area contributed by atoms with Gasteiger partial charge >= 0.3 is 0 Å². The Morgan fingerprint density at radius 1 is 1.12 bits per heavy atom. The summed E-state index contributed by atoms with van der Waals surface area (Å²) >= 11 is 0. The van der Waals surface area contributed by atoms with Crippen LogP contribution in [0.4, 0.5) is 0 Å². The van der Waals surface area contributed by atoms with Gasteiger partial charge in [0.2, 0.25) is 5.91 Å². The Bertz CT molecular complexity index is 776. The molecule has 0 bridgehead atoms. The highest BCUT2D eigenvalue weighted by Gasteiger charge is 2.30. The van der Waals surface area contributed by atoms with Crippen LogP contribution in [0.5, 0.6) is 11.5 Å². The first-order valence-corrected chi connectivity index (χ1v) is 8.05. The third-order valence-corrected chi connectivity index (χ3v) is 3.90. The van der Waals surface area contributed by atoms with Crippen LogP contribution in [0.25, 0.3) is 0 Å². The molecule has 0 spiro atoms. The average Bonchev–Trinajstić information content (AvgIpc) is 2.65. The molecule has 138 valence electrons. The van der Waals surface area contributed by atoms with E-state index in [0.717, 1.165) is 11.1 Å². The number of nitrogens with two attached hydrogens (primary N) is 2. The minimum atomic E-state index is -1.14. The van der Waals surface area contributed by atoms with Crippen molar-refractivity contribution in [2.75, 3.05) is 13.7 Å². The van der Waals surface area contributed by atoms with Crippen molar-refractivity contribution in [3.63, 3.8) is 0 Å². The minimum Gasteiger partial charge on any atom is -0.493 e. The van der Waals surface area contributed by atoms with E-state index in [-0.39, 0.29) is 19.1 Å². The lowest BCUT2D eigenvalue weighted by Crippen LogP contribution is -2.48. The van der Waals surface area contributed by atoms with Gasteiger partial charge in [0, 0.05) is 6.54 Å². The lowest BCUT2D eigenvalue weighted by Gasteiger charge is -2.24. The van der Waals surface area contributed by atoms with Crippen molar-refractivity contribution in [3.05, 3.63) is 59.7 Å². The minimum absolute atomic E-state index is 0.241. The molecule has 2 amide bonds. The fourth-order valence-corrected chi connectivity index (χ4v) is 2.37. The average molecular weight is 357 g/mol. The number of hydrogen-bond acceptors (Lipinski definition) is 5. The third kappa shape index (κ3) is 4.73. The van der Waals surface area contributed by atoms with Gasteiger partial charge in [0.05, 0.1) is 7.11 Å². The van der Waals surface area contributed by atoms with E-state index in [1.807, 2.05) is 30.3 Å². The largest absolute Gasteiger partial charge is 0.493 e. The van der Waals surface area contributed by atoms with Crippen LogP contribution in [0.1, 0.15) is 18.1 Å². The molecule has 0 saturated heterocycles. The van der Waals surface area contributed by atoms with Crippen LogP contribution in [0.2, 0.25) is 0 Å². The molecule has 26 heavy (non-hydrogen) atoms. The molecule has 2 rings (SSSR count). The molecule has 0 aliphatic rings. The standard InChI is InChI=1S/C19H23N3O4/c1-19(21,14-6-4-3-5-7-14)18(24)22-11-13-8-9-15(16(10-13)25-2)26-12-17(20)23/h3-10H,11-12,21H2,1-2H3,(H2,20,23)(H,22,24). The first kappa shape index (κ1) is 19.3. The molecule has 1 unspecified atom stereocenters. The molecule has 2 aromatic carbocycles. The molecular weight excluding hydrogens is 334 g/mol. The number of carbonyl (C=O) groups is 2. The van der Waals surface area contributed by atoms with Gasteiger partial charge in [-0.2, -0.15) is 0 Å². The Morgan fingerprint density at radius 3 is 2.42 bits per heavy atom. The summed E-state index contributed by atoms with van der Waals surface area (Å²) in [4.78, 5) is 23.3. The van der Waals surface area contributed by atoms with Gasteiger partial charge in [-0.15, -0.1) is 0 Å². The van der Waals surface area contributed by atoms with E-state index in [1.165, 1.54) is 7.11 Å². The molecule has 2 aromatic rings. The SMILES string of the molecule is COc1cc(CNC(=O)C(C)(N)c2ccccc2)ccc1OCC(N)=O. The van der Waals surface area contributed by atoms with Crippen LogP contribution < -0.4 is 26.3 Å². The van der Waals surface area contributed by atoms with Gasteiger partial charge in [0.1, 0.15) is 5.54 Å². The van der Waals surface area contributed by atoms with Crippen molar-refractivity contribution in [1.29, 1.82) is 0 Å². The van der Waals surface area contributed by atoms with Crippen LogP contribution in [0, 0.1) is 0 Å². The monoisotopic (exact) mass is 357 g/mol. The van der Waals surface area contributed by atoms with Gasteiger partial charge in [0.15, 0.2) is 18.1 Å². The zero-order chi connectivity index (χ0) is 19.2. The maximum absolute atomic E-state index is 12.5. The summed E-state index contributed by atoms with van der Waals surface area (Å²) in [6.07, 6.45) is 0. The van der Waals surface area contributed by atoms with Crippen LogP contribution in [0.15, 0.2) is 48.5 Å². The van der Waals surface area contributed by atoms with E-state index >= 15 is 0 Å². The van der Waals surface area contributed by atoms with Gasteiger partial charge < -0.3 is 26.3 Å². The highest BCUT2D eigenvalue weighted by atomic mass is 16.5. The van der Waals surface area contributed by atoms with Crippen molar-refractivity contribution in [2.24, 2.45) is 11.5 Å². The number of primary amides is 1. The number of ether oxygens (including phenoxy) is 2. The first-order valence-electron chi connectivity index (χ1n) is 8.05. The predicted molar refractivity (Wildman–Crippen MR) is 97.5 cm³/mol. The van der Waals surface area contributed by atoms with Crippen LogP contribution in [0.3, 0.4) is 0 Å². The molecule has 7 nitrogen and oxygen atoms in total.